The van der Waals surface area contributed by atoms with Gasteiger partial charge < -0.3 is 34.0 Å². The van der Waals surface area contributed by atoms with Gasteiger partial charge in [-0.2, -0.15) is 13.2 Å². The Morgan fingerprint density at radius 2 is 1.76 bits per heavy atom. The fourth-order valence-electron chi connectivity index (χ4n) is 6.20. The van der Waals surface area contributed by atoms with Crippen LogP contribution in [-0.2, 0) is 23.1 Å². The fourth-order valence-corrected chi connectivity index (χ4v) is 6.20. The van der Waals surface area contributed by atoms with Gasteiger partial charge in [-0.3, -0.25) is 9.69 Å². The van der Waals surface area contributed by atoms with Crippen molar-refractivity contribution in [2.24, 2.45) is 13.0 Å². The minimum Gasteiger partial charge on any atom is -0.475 e. The number of rotatable bonds is 9. The molecule has 2 fully saturated rings. The molecule has 0 unspecified atom stereocenters. The number of hydrogen-bond acceptors (Lipinski definition) is 7. The summed E-state index contributed by atoms with van der Waals surface area (Å²) in [6.07, 6.45) is 1.60. The van der Waals surface area contributed by atoms with Gasteiger partial charge >= 0.3 is 12.1 Å². The van der Waals surface area contributed by atoms with E-state index in [1.807, 2.05) is 48.8 Å². The molecule has 3 aromatic heterocycles. The van der Waals surface area contributed by atoms with Gasteiger partial charge in [0.2, 0.25) is 5.95 Å². The van der Waals surface area contributed by atoms with Crippen LogP contribution in [0.15, 0.2) is 65.7 Å². The summed E-state index contributed by atoms with van der Waals surface area (Å²) in [6, 6.07) is 16.0. The van der Waals surface area contributed by atoms with Crippen molar-refractivity contribution in [3.63, 3.8) is 0 Å². The number of hydrogen-bond donors (Lipinski definition) is 3. The Balaban J connectivity index is 0.000000540. The number of benzene rings is 2. The maximum atomic E-state index is 12.8. The molecule has 0 radical (unpaired) electrons. The number of imidazole rings is 1. The van der Waals surface area contributed by atoms with Gasteiger partial charge in [-0.15, -0.1) is 0 Å². The van der Waals surface area contributed by atoms with Crippen LogP contribution in [-0.4, -0.2) is 79.6 Å². The summed E-state index contributed by atoms with van der Waals surface area (Å²) < 4.78 is 48.3. The molecule has 2 atom stereocenters. The van der Waals surface area contributed by atoms with Crippen LogP contribution in [0.3, 0.4) is 0 Å². The number of aromatic amines is 1. The fraction of sp³-hybridized carbons (Fsp3) is 0.400. The Morgan fingerprint density at radius 3 is 2.41 bits per heavy atom. The summed E-state index contributed by atoms with van der Waals surface area (Å²) in [5.74, 6) is 0.241. The highest BCUT2D eigenvalue weighted by atomic mass is 19.4. The van der Waals surface area contributed by atoms with Gasteiger partial charge in [-0.05, 0) is 62.9 Å². The van der Waals surface area contributed by atoms with E-state index >= 15 is 0 Å². The third-order valence-electron chi connectivity index (χ3n) is 8.65. The maximum Gasteiger partial charge on any atom is 0.490 e. The lowest BCUT2D eigenvalue weighted by Gasteiger charge is -2.35. The molecule has 2 aromatic carbocycles. The number of halogens is 3. The number of ether oxygens (including phenoxy) is 2. The quantitative estimate of drug-likeness (QED) is 0.167. The van der Waals surface area contributed by atoms with Crippen LogP contribution >= 0.6 is 0 Å². The number of pyridine rings is 1. The van der Waals surface area contributed by atoms with E-state index < -0.39 is 12.1 Å². The molecule has 49 heavy (non-hydrogen) atoms. The Labute approximate surface area is 280 Å². The summed E-state index contributed by atoms with van der Waals surface area (Å²) in [7, 11) is 1.78. The molecule has 1 aliphatic carbocycles. The molecule has 0 amide bonds. The molecule has 1 saturated heterocycles. The first kappa shape index (κ1) is 34.1. The normalized spacial score (nSPS) is 18.3. The number of aryl methyl sites for hydroxylation is 1. The van der Waals surface area contributed by atoms with E-state index in [1.54, 1.807) is 11.6 Å². The first-order chi connectivity index (χ1) is 23.4. The molecule has 0 spiro atoms. The van der Waals surface area contributed by atoms with E-state index in [-0.39, 0.29) is 17.8 Å². The Morgan fingerprint density at radius 1 is 1.06 bits per heavy atom. The van der Waals surface area contributed by atoms with Gasteiger partial charge in [0.1, 0.15) is 16.8 Å². The van der Waals surface area contributed by atoms with Crippen LogP contribution < -0.4 is 15.6 Å². The number of nitrogens with one attached hydrogen (secondary N) is 2. The number of aromatic nitrogens is 4. The van der Waals surface area contributed by atoms with E-state index in [1.165, 1.54) is 12.8 Å². The monoisotopic (exact) mass is 680 g/mol. The van der Waals surface area contributed by atoms with Crippen LogP contribution in [0.4, 0.5) is 19.1 Å². The minimum absolute atomic E-state index is 0.0621. The highest BCUT2D eigenvalue weighted by molar-refractivity contribution is 6.00. The zero-order valence-electron chi connectivity index (χ0n) is 27.5. The van der Waals surface area contributed by atoms with E-state index in [2.05, 4.69) is 45.7 Å². The van der Waals surface area contributed by atoms with Crippen LogP contribution in [0.1, 0.15) is 26.7 Å². The highest BCUT2D eigenvalue weighted by Crippen LogP contribution is 2.42. The minimum atomic E-state index is -5.08. The molecule has 260 valence electrons. The Kier molecular flexibility index (Phi) is 9.70. The smallest absolute Gasteiger partial charge is 0.475 e. The number of H-pyrrole nitrogens is 1. The van der Waals surface area contributed by atoms with Crippen molar-refractivity contribution in [3.8, 4) is 22.6 Å². The number of carboxylic acids is 1. The maximum absolute atomic E-state index is 12.8. The van der Waals surface area contributed by atoms with Gasteiger partial charge in [0.15, 0.2) is 5.75 Å². The van der Waals surface area contributed by atoms with Crippen LogP contribution in [0.5, 0.6) is 11.5 Å². The lowest BCUT2D eigenvalue weighted by molar-refractivity contribution is -0.192. The molecule has 4 heterocycles. The molecule has 1 aliphatic heterocycles. The topological polar surface area (TPSA) is 127 Å². The standard InChI is InChI=1S/C33H38N6O3.C2HF3O2/c1-21-18-38(19-22(2)41-21)15-16-39-28-12-11-26(27-20-37(3)32(40)29-25(27)13-14-34-29)31(42-24-7-5-4-6-8-24)30(28)36-33(39)35-17-23-9-10-23;3-2(4,5)1(6)7/h4-8,11-14,20-23,34H,9-10,15-19H2,1-3H3,(H,35,36);(H,6,7)/t21-,22+;. The second-order valence-electron chi connectivity index (χ2n) is 12.7. The molecule has 0 bridgehead atoms. The molecular weight excluding hydrogens is 641 g/mol. The summed E-state index contributed by atoms with van der Waals surface area (Å²) in [4.78, 5) is 32.6. The van der Waals surface area contributed by atoms with Crippen LogP contribution in [0.2, 0.25) is 0 Å². The predicted molar refractivity (Wildman–Crippen MR) is 180 cm³/mol. The molecule has 11 nitrogen and oxygen atoms in total. The van der Waals surface area contributed by atoms with Crippen molar-refractivity contribution in [2.45, 2.75) is 51.6 Å². The number of aliphatic carboxylic acids is 1. The number of anilines is 1. The summed E-state index contributed by atoms with van der Waals surface area (Å²) >= 11 is 0. The van der Waals surface area contributed by atoms with Crippen molar-refractivity contribution in [1.82, 2.24) is 24.0 Å². The third-order valence-corrected chi connectivity index (χ3v) is 8.65. The number of morpholine rings is 1. The first-order valence-electron chi connectivity index (χ1n) is 16.2. The summed E-state index contributed by atoms with van der Waals surface area (Å²) in [5, 5.41) is 11.6. The molecule has 3 N–H and O–H groups in total. The zero-order chi connectivity index (χ0) is 34.9. The number of carboxylic acid groups (broad SMARTS) is 1. The lowest BCUT2D eigenvalue weighted by Crippen LogP contribution is -2.46. The molecule has 1 saturated carbocycles. The van der Waals surface area contributed by atoms with E-state index in [0.717, 1.165) is 72.0 Å². The number of para-hydroxylation sites is 1. The van der Waals surface area contributed by atoms with Gasteiger partial charge in [-0.25, -0.2) is 9.78 Å². The van der Waals surface area contributed by atoms with Gasteiger partial charge in [0.25, 0.3) is 5.56 Å². The Bertz CT molecular complexity index is 1990. The molecular formula is C35H39F3N6O5. The van der Waals surface area contributed by atoms with Gasteiger partial charge in [0, 0.05) is 68.7 Å². The number of alkyl halides is 3. The summed E-state index contributed by atoms with van der Waals surface area (Å²) in [5.41, 5.74) is 4.14. The SMILES string of the molecule is C[C@@H]1CN(CCn2c(NCC3CC3)nc3c(Oc4ccccc4)c(-c4cn(C)c(=O)c5[nH]ccc45)ccc32)C[C@H](C)O1.O=C(O)C(F)(F)F. The molecule has 2 aliphatic rings. The third kappa shape index (κ3) is 7.75. The van der Waals surface area contributed by atoms with Crippen molar-refractivity contribution < 1.29 is 32.5 Å². The van der Waals surface area contributed by atoms with Crippen molar-refractivity contribution in [2.75, 3.05) is 31.5 Å². The second-order valence-corrected chi connectivity index (χ2v) is 12.7. The number of carbonyl (C=O) groups is 1. The molecule has 14 heteroatoms. The number of fused-ring (bicyclic) bond motifs is 2. The van der Waals surface area contributed by atoms with Gasteiger partial charge in [0.05, 0.1) is 17.7 Å². The molecule has 5 aromatic rings. The van der Waals surface area contributed by atoms with Crippen LogP contribution in [0, 0.1) is 5.92 Å². The zero-order valence-corrected chi connectivity index (χ0v) is 27.5. The predicted octanol–water partition coefficient (Wildman–Crippen LogP) is 6.24. The van der Waals surface area contributed by atoms with E-state index in [9.17, 15) is 18.0 Å². The molecule has 7 rings (SSSR count). The van der Waals surface area contributed by atoms with Gasteiger partial charge in [-0.1, -0.05) is 18.2 Å². The van der Waals surface area contributed by atoms with Crippen LogP contribution in [0.25, 0.3) is 33.1 Å². The summed E-state index contributed by atoms with van der Waals surface area (Å²) in [6.45, 7) is 8.77. The van der Waals surface area contributed by atoms with Crippen molar-refractivity contribution in [3.05, 3.63) is 71.3 Å². The highest BCUT2D eigenvalue weighted by Gasteiger charge is 2.38. The van der Waals surface area contributed by atoms with Crippen molar-refractivity contribution >= 4 is 33.9 Å². The van der Waals surface area contributed by atoms with E-state index in [0.29, 0.717) is 17.2 Å². The number of nitrogens with zero attached hydrogens (tertiary/aromatic N) is 4. The lowest BCUT2D eigenvalue weighted by atomic mass is 10.0. The first-order valence-corrected chi connectivity index (χ1v) is 16.2. The Hall–Kier alpha value is -4.82. The average molecular weight is 681 g/mol. The van der Waals surface area contributed by atoms with E-state index in [4.69, 9.17) is 24.4 Å². The average Bonchev–Trinajstić information content (AvgIpc) is 3.62. The second kappa shape index (κ2) is 14.0. The largest absolute Gasteiger partial charge is 0.490 e. The van der Waals surface area contributed by atoms with Crippen molar-refractivity contribution in [1.29, 1.82) is 0 Å².